The number of anilines is 2. The van der Waals surface area contributed by atoms with Gasteiger partial charge < -0.3 is 30.5 Å². The van der Waals surface area contributed by atoms with Crippen LogP contribution in [-0.2, 0) is 9.57 Å². The molecule has 5 rings (SSSR count). The molecule has 2 saturated carbocycles. The highest BCUT2D eigenvalue weighted by atomic mass is 16.8. The summed E-state index contributed by atoms with van der Waals surface area (Å²) in [5.41, 5.74) is 7.82. The maximum Gasteiger partial charge on any atom is 0.527 e. The number of carbonyl (C=O) groups excluding carboxylic acids is 1. The highest BCUT2D eigenvalue weighted by Crippen LogP contribution is 2.33. The van der Waals surface area contributed by atoms with Crippen LogP contribution in [0, 0.1) is 0 Å². The van der Waals surface area contributed by atoms with E-state index in [9.17, 15) is 4.79 Å². The minimum absolute atomic E-state index is 0.201. The fraction of sp³-hybridized carbons (Fsp3) is 0.750. The molecule has 3 fully saturated rings. The molecule has 11 heteroatoms. The Morgan fingerprint density at radius 2 is 1.74 bits per heavy atom. The summed E-state index contributed by atoms with van der Waals surface area (Å²) in [5.74, 6) is 1.43. The van der Waals surface area contributed by atoms with Crippen LogP contribution in [0.25, 0.3) is 11.2 Å². The van der Waals surface area contributed by atoms with Gasteiger partial charge >= 0.3 is 6.16 Å². The van der Waals surface area contributed by atoms with Gasteiger partial charge in [-0.15, -0.1) is 5.06 Å². The molecule has 2 aliphatic carbocycles. The van der Waals surface area contributed by atoms with Crippen molar-refractivity contribution in [1.82, 2.24) is 24.6 Å². The number of imidazole rings is 1. The third kappa shape index (κ3) is 5.78. The summed E-state index contributed by atoms with van der Waals surface area (Å²) in [5, 5.41) is 8.88. The van der Waals surface area contributed by atoms with Crippen LogP contribution in [0.5, 0.6) is 0 Å². The van der Waals surface area contributed by atoms with Crippen molar-refractivity contribution in [1.29, 1.82) is 0 Å². The number of aromatic nitrogens is 4. The quantitative estimate of drug-likeness (QED) is 0.499. The molecule has 192 valence electrons. The molecule has 2 aromatic heterocycles. The van der Waals surface area contributed by atoms with E-state index in [2.05, 4.69) is 15.2 Å². The van der Waals surface area contributed by atoms with Gasteiger partial charge in [-0.1, -0.05) is 12.8 Å². The molecule has 0 unspecified atom stereocenters. The number of hydroxylamine groups is 2. The summed E-state index contributed by atoms with van der Waals surface area (Å²) in [7, 11) is 0. The van der Waals surface area contributed by atoms with Crippen molar-refractivity contribution >= 4 is 29.1 Å². The Bertz CT molecular complexity index is 992. The number of nitrogens with zero attached hydrogens (tertiary/aromatic N) is 5. The van der Waals surface area contributed by atoms with E-state index in [0.29, 0.717) is 43.8 Å². The van der Waals surface area contributed by atoms with E-state index in [1.165, 1.54) is 25.7 Å². The number of rotatable bonds is 7. The van der Waals surface area contributed by atoms with Gasteiger partial charge in [0.1, 0.15) is 0 Å². The number of piperidine rings is 1. The molecular weight excluding hydrogens is 448 g/mol. The van der Waals surface area contributed by atoms with E-state index >= 15 is 0 Å². The first kappa shape index (κ1) is 24.1. The Morgan fingerprint density at radius 1 is 1.03 bits per heavy atom. The molecule has 0 aromatic carbocycles. The van der Waals surface area contributed by atoms with Gasteiger partial charge in [-0.05, 0) is 58.3 Å². The Labute approximate surface area is 206 Å². The van der Waals surface area contributed by atoms with Crippen LogP contribution in [-0.4, -0.2) is 68.6 Å². The highest BCUT2D eigenvalue weighted by molar-refractivity contribution is 5.84. The van der Waals surface area contributed by atoms with Crippen LogP contribution in [0.3, 0.4) is 0 Å². The molecule has 3 heterocycles. The lowest BCUT2D eigenvalue weighted by atomic mass is 9.92. The summed E-state index contributed by atoms with van der Waals surface area (Å²) >= 11 is 0. The Morgan fingerprint density at radius 3 is 2.46 bits per heavy atom. The van der Waals surface area contributed by atoms with E-state index in [4.69, 9.17) is 30.3 Å². The number of ether oxygens (including phenoxy) is 1. The van der Waals surface area contributed by atoms with Crippen molar-refractivity contribution in [3.05, 3.63) is 6.33 Å². The van der Waals surface area contributed by atoms with E-state index in [-0.39, 0.29) is 6.04 Å². The zero-order chi connectivity index (χ0) is 24.2. The Balaban J connectivity index is 1.32. The topological polar surface area (TPSA) is 132 Å². The number of carbonyl (C=O) groups is 1. The monoisotopic (exact) mass is 486 g/mol. The van der Waals surface area contributed by atoms with Gasteiger partial charge in [-0.25, -0.2) is 9.78 Å². The van der Waals surface area contributed by atoms with Gasteiger partial charge in [-0.3, -0.25) is 0 Å². The van der Waals surface area contributed by atoms with Gasteiger partial charge in [0.15, 0.2) is 17.0 Å². The van der Waals surface area contributed by atoms with Gasteiger partial charge in [0.05, 0.1) is 12.9 Å². The van der Waals surface area contributed by atoms with Crippen molar-refractivity contribution in [3.8, 4) is 0 Å². The molecule has 0 bridgehead atoms. The summed E-state index contributed by atoms with van der Waals surface area (Å²) in [6, 6.07) is 1.29. The minimum atomic E-state index is -0.645. The second kappa shape index (κ2) is 10.9. The van der Waals surface area contributed by atoms with E-state index < -0.39 is 6.16 Å². The highest BCUT2D eigenvalue weighted by Gasteiger charge is 2.27. The molecule has 35 heavy (non-hydrogen) atoms. The number of nitrogens with one attached hydrogen (secondary N) is 2. The molecular formula is C24H38N8O3. The van der Waals surface area contributed by atoms with Crippen LogP contribution in [0.2, 0.25) is 0 Å². The van der Waals surface area contributed by atoms with Crippen LogP contribution < -0.4 is 16.4 Å². The second-order valence-corrected chi connectivity index (χ2v) is 10.0. The Kier molecular flexibility index (Phi) is 7.52. The average molecular weight is 487 g/mol. The zero-order valence-electron chi connectivity index (χ0n) is 20.6. The lowest BCUT2D eigenvalue weighted by Crippen LogP contribution is -2.40. The largest absolute Gasteiger partial charge is 0.527 e. The van der Waals surface area contributed by atoms with Gasteiger partial charge in [0.2, 0.25) is 5.95 Å². The van der Waals surface area contributed by atoms with Crippen LogP contribution >= 0.6 is 0 Å². The molecule has 1 saturated heterocycles. The van der Waals surface area contributed by atoms with Crippen molar-refractivity contribution in [2.45, 2.75) is 95.3 Å². The molecule has 0 atom stereocenters. The van der Waals surface area contributed by atoms with Crippen LogP contribution in [0.1, 0.15) is 77.2 Å². The third-order valence-corrected chi connectivity index (χ3v) is 7.51. The predicted molar refractivity (Wildman–Crippen MR) is 133 cm³/mol. The average Bonchev–Trinajstić information content (AvgIpc) is 3.52. The molecule has 2 aromatic rings. The molecule has 4 N–H and O–H groups in total. The molecule has 3 aliphatic rings. The number of hydrogen-bond donors (Lipinski definition) is 3. The fourth-order valence-electron chi connectivity index (χ4n) is 5.51. The normalized spacial score (nSPS) is 24.5. The first-order chi connectivity index (χ1) is 17.1. The van der Waals surface area contributed by atoms with Gasteiger partial charge in [0.25, 0.3) is 0 Å². The van der Waals surface area contributed by atoms with E-state index in [0.717, 1.165) is 55.5 Å². The van der Waals surface area contributed by atoms with Crippen molar-refractivity contribution in [3.63, 3.8) is 0 Å². The summed E-state index contributed by atoms with van der Waals surface area (Å²) in [6.45, 7) is 3.33. The maximum atomic E-state index is 11.6. The summed E-state index contributed by atoms with van der Waals surface area (Å²) in [6.07, 6.45) is 11.9. The fourth-order valence-corrected chi connectivity index (χ4v) is 5.51. The SMILES string of the molecule is CCOC(=O)ON1CCC(Nc2nc(NC3CCC(N)CC3)nc3c2ncn3C2CCCC2)CC1. The molecule has 0 radical (unpaired) electrons. The Hall–Kier alpha value is -2.66. The van der Waals surface area contributed by atoms with Crippen molar-refractivity contribution in [2.24, 2.45) is 5.73 Å². The maximum absolute atomic E-state index is 11.6. The minimum Gasteiger partial charge on any atom is -0.433 e. The number of nitrogens with two attached hydrogens (primary N) is 1. The second-order valence-electron chi connectivity index (χ2n) is 10.0. The smallest absolute Gasteiger partial charge is 0.433 e. The molecule has 0 amide bonds. The lowest BCUT2D eigenvalue weighted by molar-refractivity contribution is -0.137. The first-order valence-electron chi connectivity index (χ1n) is 13.2. The molecule has 11 nitrogen and oxygen atoms in total. The number of fused-ring (bicyclic) bond motifs is 1. The number of hydrogen-bond acceptors (Lipinski definition) is 10. The molecule has 1 aliphatic heterocycles. The first-order valence-corrected chi connectivity index (χ1v) is 13.2. The summed E-state index contributed by atoms with van der Waals surface area (Å²) < 4.78 is 7.12. The lowest BCUT2D eigenvalue weighted by Gasteiger charge is -2.31. The van der Waals surface area contributed by atoms with E-state index in [1.807, 2.05) is 6.33 Å². The molecule has 0 spiro atoms. The van der Waals surface area contributed by atoms with Gasteiger partial charge in [0, 0.05) is 37.3 Å². The van der Waals surface area contributed by atoms with Gasteiger partial charge in [-0.2, -0.15) is 9.97 Å². The summed E-state index contributed by atoms with van der Waals surface area (Å²) in [4.78, 5) is 31.4. The van der Waals surface area contributed by atoms with E-state index in [1.54, 1.807) is 12.0 Å². The van der Waals surface area contributed by atoms with Crippen LogP contribution in [0.15, 0.2) is 6.33 Å². The third-order valence-electron chi connectivity index (χ3n) is 7.51. The predicted octanol–water partition coefficient (Wildman–Crippen LogP) is 3.59. The van der Waals surface area contributed by atoms with Crippen molar-refractivity contribution < 1.29 is 14.4 Å². The van der Waals surface area contributed by atoms with Crippen molar-refractivity contribution in [2.75, 3.05) is 30.3 Å². The standard InChI is InChI=1S/C24H38N8O3/c1-2-34-24(33)35-31-13-11-18(12-14-31)27-21-20-22(32(15-26-20)19-5-3-4-6-19)30-23(29-21)28-17-9-7-16(25)8-10-17/h15-19H,2-14,25H2,1H3,(H2,27,28,29,30). The van der Waals surface area contributed by atoms with Crippen LogP contribution in [0.4, 0.5) is 16.6 Å². The zero-order valence-corrected chi connectivity index (χ0v) is 20.6.